The molecule has 0 saturated heterocycles. The number of aromatic nitrogens is 1. The van der Waals surface area contributed by atoms with E-state index in [0.29, 0.717) is 5.75 Å². The molecule has 1 amide bonds. The van der Waals surface area contributed by atoms with Gasteiger partial charge in [-0.2, -0.15) is 0 Å². The SMILES string of the molecule is CC1(C)C(N)=N[C@](CF)(c2cc(NC(=O)c3ccc(OCC#CCF)cn3)ccc2F)CS1(=O)=O. The number of carbonyl (C=O) groups is 1. The highest BCUT2D eigenvalue weighted by Gasteiger charge is 2.51. The molecule has 1 atom stereocenters. The minimum Gasteiger partial charge on any atom is -0.479 e. The van der Waals surface area contributed by atoms with E-state index in [-0.39, 0.29) is 29.4 Å². The van der Waals surface area contributed by atoms with Crippen LogP contribution in [0.3, 0.4) is 0 Å². The third-order valence-corrected chi connectivity index (χ3v) is 8.20. The van der Waals surface area contributed by atoms with Gasteiger partial charge in [0.15, 0.2) is 9.84 Å². The maximum atomic E-state index is 14.8. The average Bonchev–Trinajstić information content (AvgIpc) is 2.81. The first kappa shape index (κ1) is 26.0. The lowest BCUT2D eigenvalue weighted by Gasteiger charge is -2.38. The van der Waals surface area contributed by atoms with Crippen molar-refractivity contribution < 1.29 is 31.1 Å². The largest absolute Gasteiger partial charge is 0.479 e. The number of nitrogens with zero attached hydrogens (tertiary/aromatic N) is 2. The fraction of sp³-hybridized carbons (Fsp3) is 0.348. The number of amidine groups is 1. The molecule has 0 spiro atoms. The van der Waals surface area contributed by atoms with Gasteiger partial charge in [0.05, 0.1) is 11.9 Å². The Morgan fingerprint density at radius 2 is 1.97 bits per heavy atom. The minimum atomic E-state index is -3.99. The van der Waals surface area contributed by atoms with Gasteiger partial charge in [-0.25, -0.2) is 26.6 Å². The predicted octanol–water partition coefficient (Wildman–Crippen LogP) is 2.55. The lowest BCUT2D eigenvalue weighted by atomic mass is 9.92. The molecule has 1 aromatic heterocycles. The zero-order chi connectivity index (χ0) is 25.9. The molecule has 1 aromatic carbocycles. The lowest BCUT2D eigenvalue weighted by Crippen LogP contribution is -2.56. The second kappa shape index (κ2) is 9.95. The Morgan fingerprint density at radius 3 is 2.57 bits per heavy atom. The zero-order valence-electron chi connectivity index (χ0n) is 18.9. The number of carbonyl (C=O) groups excluding carboxylic acids is 1. The number of ether oxygens (including phenoxy) is 1. The Kier molecular flexibility index (Phi) is 7.40. The molecule has 3 N–H and O–H groups in total. The molecular weight excluding hydrogens is 485 g/mol. The predicted molar refractivity (Wildman–Crippen MR) is 125 cm³/mol. The van der Waals surface area contributed by atoms with Gasteiger partial charge >= 0.3 is 0 Å². The topological polar surface area (TPSA) is 124 Å². The highest BCUT2D eigenvalue weighted by molar-refractivity contribution is 7.93. The summed E-state index contributed by atoms with van der Waals surface area (Å²) in [6, 6.07) is 6.15. The van der Waals surface area contributed by atoms with Crippen molar-refractivity contribution in [3.8, 4) is 17.6 Å². The molecule has 3 rings (SSSR count). The van der Waals surface area contributed by atoms with Crippen molar-refractivity contribution in [3.63, 3.8) is 0 Å². The van der Waals surface area contributed by atoms with E-state index in [4.69, 9.17) is 10.5 Å². The smallest absolute Gasteiger partial charge is 0.274 e. The van der Waals surface area contributed by atoms with Crippen LogP contribution in [0.5, 0.6) is 5.75 Å². The molecule has 0 bridgehead atoms. The van der Waals surface area contributed by atoms with E-state index in [1.165, 1.54) is 38.2 Å². The molecule has 2 aromatic rings. The summed E-state index contributed by atoms with van der Waals surface area (Å²) in [7, 11) is -3.99. The van der Waals surface area contributed by atoms with Crippen LogP contribution < -0.4 is 15.8 Å². The van der Waals surface area contributed by atoms with Crippen molar-refractivity contribution in [1.29, 1.82) is 0 Å². The van der Waals surface area contributed by atoms with E-state index >= 15 is 0 Å². The molecule has 1 aliphatic rings. The Labute approximate surface area is 200 Å². The molecule has 0 fully saturated rings. The third kappa shape index (κ3) is 5.24. The molecule has 8 nitrogen and oxygen atoms in total. The number of halogens is 3. The summed E-state index contributed by atoms with van der Waals surface area (Å²) in [5.41, 5.74) is 3.46. The van der Waals surface area contributed by atoms with Crippen molar-refractivity contribution >= 4 is 27.3 Å². The van der Waals surface area contributed by atoms with Crippen LogP contribution in [-0.2, 0) is 15.4 Å². The molecule has 0 saturated carbocycles. The number of hydrogen-bond donors (Lipinski definition) is 2. The summed E-state index contributed by atoms with van der Waals surface area (Å²) in [5, 5.41) is 2.51. The van der Waals surface area contributed by atoms with Crippen LogP contribution in [0.2, 0.25) is 0 Å². The average molecular weight is 509 g/mol. The van der Waals surface area contributed by atoms with Gasteiger partial charge in [-0.15, -0.1) is 0 Å². The van der Waals surface area contributed by atoms with Gasteiger partial charge in [-0.3, -0.25) is 9.79 Å². The molecular formula is C23H23F3N4O4S. The van der Waals surface area contributed by atoms with Crippen molar-refractivity contribution in [2.45, 2.75) is 24.1 Å². The third-order valence-electron chi connectivity index (χ3n) is 5.58. The highest BCUT2D eigenvalue weighted by Crippen LogP contribution is 2.39. The first-order valence-electron chi connectivity index (χ1n) is 10.3. The fourth-order valence-corrected chi connectivity index (χ4v) is 4.95. The number of nitrogens with two attached hydrogens (primary N) is 1. The van der Waals surface area contributed by atoms with Crippen LogP contribution in [-0.4, -0.2) is 55.6 Å². The van der Waals surface area contributed by atoms with Crippen molar-refractivity contribution in [1.82, 2.24) is 4.98 Å². The summed E-state index contributed by atoms with van der Waals surface area (Å²) in [6.07, 6.45) is 1.27. The van der Waals surface area contributed by atoms with E-state index in [9.17, 15) is 26.4 Å². The Bertz CT molecular complexity index is 1320. The van der Waals surface area contributed by atoms with Gasteiger partial charge in [0.1, 0.15) is 53.3 Å². The number of benzene rings is 1. The van der Waals surface area contributed by atoms with Crippen LogP contribution in [0, 0.1) is 17.7 Å². The zero-order valence-corrected chi connectivity index (χ0v) is 19.8. The second-order valence-electron chi connectivity index (χ2n) is 8.24. The highest BCUT2D eigenvalue weighted by atomic mass is 32.2. The summed E-state index contributed by atoms with van der Waals surface area (Å²) in [5.74, 6) is 2.25. The maximum absolute atomic E-state index is 14.8. The Hall–Kier alpha value is -3.59. The van der Waals surface area contributed by atoms with E-state index in [1.807, 2.05) is 0 Å². The monoisotopic (exact) mass is 508 g/mol. The Morgan fingerprint density at radius 1 is 1.23 bits per heavy atom. The van der Waals surface area contributed by atoms with Gasteiger partial charge in [-0.1, -0.05) is 11.8 Å². The van der Waals surface area contributed by atoms with Crippen LogP contribution in [0.15, 0.2) is 41.5 Å². The molecule has 12 heteroatoms. The standard InChI is InChI=1S/C23H23F3N4O4S/c1-22(2)21(27)30-23(13-25,14-35(22,32)33)17-11-15(5-7-18(17)26)29-20(31)19-8-6-16(12-28-19)34-10-4-3-9-24/h5-8,11-12H,9-10,13-14H2,1-2H3,(H2,27,30)(H,29,31)/t23-/m0/s1. The van der Waals surface area contributed by atoms with Gasteiger partial charge in [0, 0.05) is 11.3 Å². The van der Waals surface area contributed by atoms with Crippen LogP contribution >= 0.6 is 0 Å². The van der Waals surface area contributed by atoms with Crippen LogP contribution in [0.25, 0.3) is 0 Å². The molecule has 2 heterocycles. The quantitative estimate of drug-likeness (QED) is 0.578. The number of anilines is 1. The summed E-state index contributed by atoms with van der Waals surface area (Å²) < 4.78 is 70.3. The molecule has 0 radical (unpaired) electrons. The number of hydrogen-bond acceptors (Lipinski definition) is 7. The number of nitrogens with one attached hydrogen (secondary N) is 1. The minimum absolute atomic E-state index is 0.0115. The maximum Gasteiger partial charge on any atom is 0.274 e. The van der Waals surface area contributed by atoms with Gasteiger partial charge in [0.2, 0.25) is 0 Å². The summed E-state index contributed by atoms with van der Waals surface area (Å²) in [4.78, 5) is 20.6. The lowest BCUT2D eigenvalue weighted by molar-refractivity contribution is 0.102. The van der Waals surface area contributed by atoms with E-state index in [0.717, 1.165) is 12.1 Å². The number of sulfone groups is 1. The second-order valence-corrected chi connectivity index (χ2v) is 10.8. The van der Waals surface area contributed by atoms with Crippen molar-refractivity contribution in [3.05, 3.63) is 53.6 Å². The van der Waals surface area contributed by atoms with Gasteiger partial charge in [-0.05, 0) is 44.2 Å². The Balaban J connectivity index is 1.86. The molecule has 0 unspecified atom stereocenters. The number of pyridine rings is 1. The number of amides is 1. The molecule has 1 aliphatic heterocycles. The first-order valence-corrected chi connectivity index (χ1v) is 12.0. The molecule has 186 valence electrons. The molecule has 35 heavy (non-hydrogen) atoms. The van der Waals surface area contributed by atoms with E-state index in [1.54, 1.807) is 0 Å². The van der Waals surface area contributed by atoms with E-state index in [2.05, 4.69) is 27.1 Å². The van der Waals surface area contributed by atoms with Gasteiger partial charge in [0.25, 0.3) is 5.91 Å². The molecule has 0 aliphatic carbocycles. The van der Waals surface area contributed by atoms with Gasteiger partial charge < -0.3 is 15.8 Å². The summed E-state index contributed by atoms with van der Waals surface area (Å²) >= 11 is 0. The fourth-order valence-electron chi connectivity index (χ4n) is 3.30. The van der Waals surface area contributed by atoms with Crippen molar-refractivity contribution in [2.24, 2.45) is 10.7 Å². The van der Waals surface area contributed by atoms with E-state index < -0.39 is 50.9 Å². The van der Waals surface area contributed by atoms with Crippen LogP contribution in [0.1, 0.15) is 29.9 Å². The normalized spacial score (nSPS) is 20.2. The van der Waals surface area contributed by atoms with Crippen molar-refractivity contribution in [2.75, 3.05) is 31.0 Å². The summed E-state index contributed by atoms with van der Waals surface area (Å²) in [6.45, 7) is 0.530. The first-order chi connectivity index (χ1) is 16.5. The number of aliphatic imine (C=N–C) groups is 1. The van der Waals surface area contributed by atoms with Crippen LogP contribution in [0.4, 0.5) is 18.9 Å². The number of alkyl halides is 2. The number of rotatable bonds is 6.